The maximum absolute atomic E-state index is 13.5. The van der Waals surface area contributed by atoms with Crippen molar-refractivity contribution >= 4 is 22.7 Å². The SMILES string of the molecule is COc1ccc(CCNC(=O)C2C3C(=O)N(CCc4c[nH]c5ccccc45)CC34C=C[C@H]2O4)cc1. The summed E-state index contributed by atoms with van der Waals surface area (Å²) in [6.07, 6.45) is 7.12. The summed E-state index contributed by atoms with van der Waals surface area (Å²) >= 11 is 0. The lowest BCUT2D eigenvalue weighted by Gasteiger charge is -2.23. The Bertz CT molecular complexity index is 1300. The molecule has 2 fully saturated rings. The van der Waals surface area contributed by atoms with E-state index in [9.17, 15) is 9.59 Å². The van der Waals surface area contributed by atoms with Crippen LogP contribution in [0.1, 0.15) is 11.1 Å². The first-order valence-electron chi connectivity index (χ1n) is 12.2. The minimum absolute atomic E-state index is 0.0204. The minimum atomic E-state index is -0.681. The average molecular weight is 472 g/mol. The highest BCUT2D eigenvalue weighted by Crippen LogP contribution is 2.51. The first-order chi connectivity index (χ1) is 17.1. The van der Waals surface area contributed by atoms with Crippen molar-refractivity contribution in [3.63, 3.8) is 0 Å². The van der Waals surface area contributed by atoms with Crippen molar-refractivity contribution in [2.45, 2.75) is 24.5 Å². The van der Waals surface area contributed by atoms with E-state index in [1.165, 1.54) is 10.9 Å². The number of carbonyl (C=O) groups excluding carboxylic acids is 2. The van der Waals surface area contributed by atoms with Crippen molar-refractivity contribution in [2.24, 2.45) is 11.8 Å². The lowest BCUT2D eigenvalue weighted by atomic mass is 9.77. The maximum atomic E-state index is 13.5. The summed E-state index contributed by atoms with van der Waals surface area (Å²) in [4.78, 5) is 31.8. The molecule has 2 N–H and O–H groups in total. The Balaban J connectivity index is 1.10. The van der Waals surface area contributed by atoms with Crippen molar-refractivity contribution in [1.29, 1.82) is 0 Å². The molecule has 2 aromatic carbocycles. The van der Waals surface area contributed by atoms with Crippen LogP contribution in [0.4, 0.5) is 0 Å². The van der Waals surface area contributed by atoms with Crippen molar-refractivity contribution < 1.29 is 19.1 Å². The average Bonchev–Trinajstić information content (AvgIpc) is 3.63. The zero-order valence-corrected chi connectivity index (χ0v) is 19.7. The van der Waals surface area contributed by atoms with Crippen LogP contribution in [0.3, 0.4) is 0 Å². The van der Waals surface area contributed by atoms with Crippen molar-refractivity contribution in [1.82, 2.24) is 15.2 Å². The highest BCUT2D eigenvalue weighted by atomic mass is 16.5. The molecule has 1 aromatic heterocycles. The summed E-state index contributed by atoms with van der Waals surface area (Å²) in [6, 6.07) is 16.0. The largest absolute Gasteiger partial charge is 0.497 e. The van der Waals surface area contributed by atoms with Crippen LogP contribution in [0.2, 0.25) is 0 Å². The molecule has 7 nitrogen and oxygen atoms in total. The zero-order valence-electron chi connectivity index (χ0n) is 19.7. The Morgan fingerprint density at radius 2 is 2.03 bits per heavy atom. The smallest absolute Gasteiger partial charge is 0.230 e. The number of methoxy groups -OCH3 is 1. The summed E-state index contributed by atoms with van der Waals surface area (Å²) in [7, 11) is 1.64. The van der Waals surface area contributed by atoms with Crippen LogP contribution in [-0.2, 0) is 27.2 Å². The van der Waals surface area contributed by atoms with Gasteiger partial charge in [0.05, 0.1) is 31.6 Å². The predicted molar refractivity (Wildman–Crippen MR) is 132 cm³/mol. The summed E-state index contributed by atoms with van der Waals surface area (Å²) in [6.45, 7) is 1.62. The van der Waals surface area contributed by atoms with E-state index in [1.54, 1.807) is 7.11 Å². The molecule has 4 atom stereocenters. The normalized spacial score (nSPS) is 26.5. The zero-order chi connectivity index (χ0) is 24.0. The van der Waals surface area contributed by atoms with Crippen LogP contribution < -0.4 is 10.1 Å². The lowest BCUT2D eigenvalue weighted by Crippen LogP contribution is -2.44. The van der Waals surface area contributed by atoms with Crippen LogP contribution in [0.25, 0.3) is 10.9 Å². The number of aromatic amines is 1. The van der Waals surface area contributed by atoms with Gasteiger partial charge in [-0.2, -0.15) is 0 Å². The van der Waals surface area contributed by atoms with Crippen LogP contribution in [0, 0.1) is 11.8 Å². The molecule has 3 aliphatic heterocycles. The third kappa shape index (κ3) is 3.71. The molecule has 7 heteroatoms. The topological polar surface area (TPSA) is 83.7 Å². The van der Waals surface area contributed by atoms with Gasteiger partial charge in [0, 0.05) is 30.2 Å². The fraction of sp³-hybridized carbons (Fsp3) is 0.357. The number of aromatic nitrogens is 1. The number of hydrogen-bond acceptors (Lipinski definition) is 4. The van der Waals surface area contributed by atoms with Gasteiger partial charge in [0.1, 0.15) is 11.4 Å². The van der Waals surface area contributed by atoms with E-state index in [-0.39, 0.29) is 17.9 Å². The van der Waals surface area contributed by atoms with Gasteiger partial charge < -0.3 is 24.7 Å². The van der Waals surface area contributed by atoms with E-state index in [4.69, 9.17) is 9.47 Å². The number of ether oxygens (including phenoxy) is 2. The molecular formula is C28H29N3O4. The van der Waals surface area contributed by atoms with Crippen LogP contribution in [-0.4, -0.2) is 60.1 Å². The number of fused-ring (bicyclic) bond motifs is 2. The Hall–Kier alpha value is -3.58. The minimum Gasteiger partial charge on any atom is -0.497 e. The molecular weight excluding hydrogens is 442 g/mol. The molecule has 3 aromatic rings. The number of rotatable bonds is 8. The van der Waals surface area contributed by atoms with Crippen molar-refractivity contribution in [3.05, 3.63) is 78.0 Å². The van der Waals surface area contributed by atoms with Crippen molar-refractivity contribution in [2.75, 3.05) is 26.7 Å². The van der Waals surface area contributed by atoms with Crippen LogP contribution in [0.5, 0.6) is 5.75 Å². The molecule has 0 radical (unpaired) electrons. The fourth-order valence-electron chi connectivity index (χ4n) is 5.90. The van der Waals surface area contributed by atoms with Gasteiger partial charge in [0.25, 0.3) is 0 Å². The Kier molecular flexibility index (Phi) is 5.37. The molecule has 0 aliphatic carbocycles. The second-order valence-corrected chi connectivity index (χ2v) is 9.66. The van der Waals surface area contributed by atoms with Crippen LogP contribution in [0.15, 0.2) is 66.9 Å². The number of carbonyl (C=O) groups is 2. The molecule has 35 heavy (non-hydrogen) atoms. The number of amides is 2. The van der Waals surface area contributed by atoms with Gasteiger partial charge in [-0.05, 0) is 42.2 Å². The highest BCUT2D eigenvalue weighted by molar-refractivity contribution is 5.93. The van der Waals surface area contributed by atoms with Gasteiger partial charge >= 0.3 is 0 Å². The number of H-pyrrole nitrogens is 1. The molecule has 6 rings (SSSR count). The molecule has 3 aliphatic rings. The number of hydrogen-bond donors (Lipinski definition) is 2. The molecule has 0 saturated carbocycles. The van der Waals surface area contributed by atoms with Crippen LogP contribution >= 0.6 is 0 Å². The number of nitrogens with one attached hydrogen (secondary N) is 2. The second kappa shape index (κ2) is 8.57. The number of para-hydroxylation sites is 1. The van der Waals surface area contributed by atoms with Gasteiger partial charge in [0.15, 0.2) is 0 Å². The summed E-state index contributed by atoms with van der Waals surface area (Å²) in [5, 5.41) is 4.23. The molecule has 180 valence electrons. The fourth-order valence-corrected chi connectivity index (χ4v) is 5.90. The monoisotopic (exact) mass is 471 g/mol. The Labute approximate surface area is 204 Å². The van der Waals surface area contributed by atoms with E-state index >= 15 is 0 Å². The molecule has 3 unspecified atom stereocenters. The molecule has 2 amide bonds. The molecule has 1 spiro atoms. The van der Waals surface area contributed by atoms with Gasteiger partial charge in [-0.25, -0.2) is 0 Å². The van der Waals surface area contributed by atoms with E-state index in [2.05, 4.69) is 22.4 Å². The number of likely N-dealkylation sites (tertiary alicyclic amines) is 1. The van der Waals surface area contributed by atoms with Gasteiger partial charge in [-0.3, -0.25) is 9.59 Å². The first kappa shape index (κ1) is 21.9. The highest BCUT2D eigenvalue weighted by Gasteiger charge is 2.66. The summed E-state index contributed by atoms with van der Waals surface area (Å²) < 4.78 is 11.5. The van der Waals surface area contributed by atoms with E-state index in [1.807, 2.05) is 59.6 Å². The predicted octanol–water partition coefficient (Wildman–Crippen LogP) is 2.86. The molecule has 2 saturated heterocycles. The van der Waals surface area contributed by atoms with Crippen molar-refractivity contribution in [3.8, 4) is 5.75 Å². The van der Waals surface area contributed by atoms with E-state index in [0.29, 0.717) is 26.1 Å². The van der Waals surface area contributed by atoms with Gasteiger partial charge in [-0.1, -0.05) is 42.5 Å². The third-order valence-corrected chi connectivity index (χ3v) is 7.68. The third-order valence-electron chi connectivity index (χ3n) is 7.68. The maximum Gasteiger partial charge on any atom is 0.230 e. The standard InChI is InChI=1S/C28H29N3O4/c1-34-20-8-6-18(7-9-20)11-14-29-26(32)24-23-10-13-28(35-23)17-31(27(33)25(24)28)15-12-19-16-30-22-5-3-2-4-21(19)22/h2-10,13,16,23-25,30H,11-12,14-15,17H2,1H3,(H,29,32)/t23-,24?,25?,28?/m1/s1. The number of benzene rings is 2. The molecule has 4 heterocycles. The second-order valence-electron chi connectivity index (χ2n) is 9.66. The van der Waals surface area contributed by atoms with E-state index < -0.39 is 17.4 Å². The Morgan fingerprint density at radius 3 is 2.86 bits per heavy atom. The molecule has 2 bridgehead atoms. The quantitative estimate of drug-likeness (QED) is 0.495. The number of nitrogens with zero attached hydrogens (tertiary/aromatic N) is 1. The Morgan fingerprint density at radius 1 is 1.20 bits per heavy atom. The summed E-state index contributed by atoms with van der Waals surface area (Å²) in [5.74, 6) is -0.218. The lowest BCUT2D eigenvalue weighted by molar-refractivity contribution is -0.137. The first-order valence-corrected chi connectivity index (χ1v) is 12.2. The van der Waals surface area contributed by atoms with Gasteiger partial charge in [0.2, 0.25) is 11.8 Å². The van der Waals surface area contributed by atoms with Gasteiger partial charge in [-0.15, -0.1) is 0 Å². The summed E-state index contributed by atoms with van der Waals surface area (Å²) in [5.41, 5.74) is 2.73. The van der Waals surface area contributed by atoms with E-state index in [0.717, 1.165) is 23.3 Å².